The largest absolute Gasteiger partial charge is 0.342 e. The summed E-state index contributed by atoms with van der Waals surface area (Å²) in [5.74, 6) is -0.0117. The Kier molecular flexibility index (Phi) is 3.13. The molecular weight excluding hydrogens is 216 g/mol. The average molecular weight is 232 g/mol. The van der Waals surface area contributed by atoms with Crippen molar-refractivity contribution in [2.75, 3.05) is 18.9 Å². The zero-order valence-electron chi connectivity index (χ0n) is 10.1. The summed E-state index contributed by atoms with van der Waals surface area (Å²) in [6.07, 6.45) is 1.35. The van der Waals surface area contributed by atoms with Crippen molar-refractivity contribution in [3.05, 3.63) is 29.3 Å². The van der Waals surface area contributed by atoms with E-state index in [0.29, 0.717) is 12.0 Å². The van der Waals surface area contributed by atoms with Crippen LogP contribution in [0.25, 0.3) is 0 Å². The predicted molar refractivity (Wildman–Crippen MR) is 66.0 cm³/mol. The van der Waals surface area contributed by atoms with Gasteiger partial charge in [-0.3, -0.25) is 9.59 Å². The van der Waals surface area contributed by atoms with Crippen LogP contribution in [0.1, 0.15) is 29.3 Å². The van der Waals surface area contributed by atoms with Crippen molar-refractivity contribution in [2.45, 2.75) is 19.8 Å². The highest BCUT2D eigenvalue weighted by Gasteiger charge is 2.19. The molecule has 0 saturated carbocycles. The van der Waals surface area contributed by atoms with Crippen LogP contribution in [0.15, 0.2) is 18.2 Å². The Balaban J connectivity index is 2.21. The van der Waals surface area contributed by atoms with Gasteiger partial charge in [0.05, 0.1) is 6.42 Å². The first-order valence-electron chi connectivity index (χ1n) is 5.80. The van der Waals surface area contributed by atoms with Gasteiger partial charge >= 0.3 is 0 Å². The first-order valence-corrected chi connectivity index (χ1v) is 5.80. The minimum Gasteiger partial charge on any atom is -0.342 e. The molecule has 4 nitrogen and oxygen atoms in total. The minimum atomic E-state index is -0.00786. The van der Waals surface area contributed by atoms with E-state index in [1.54, 1.807) is 24.1 Å². The van der Waals surface area contributed by atoms with Gasteiger partial charge in [0, 0.05) is 24.8 Å². The monoisotopic (exact) mass is 232 g/mol. The molecule has 0 aromatic heterocycles. The fraction of sp³-hybridized carbons (Fsp3) is 0.385. The Morgan fingerprint density at radius 1 is 1.47 bits per heavy atom. The van der Waals surface area contributed by atoms with Crippen molar-refractivity contribution in [3.8, 4) is 0 Å². The predicted octanol–water partition coefficient (Wildman–Crippen LogP) is 1.66. The van der Waals surface area contributed by atoms with Gasteiger partial charge in [0.2, 0.25) is 5.91 Å². The highest BCUT2D eigenvalue weighted by molar-refractivity contribution is 6.02. The summed E-state index contributed by atoms with van der Waals surface area (Å²) in [5.41, 5.74) is 2.36. The van der Waals surface area contributed by atoms with Gasteiger partial charge in [-0.25, -0.2) is 0 Å². The second kappa shape index (κ2) is 4.57. The number of hydrogen-bond acceptors (Lipinski definition) is 2. The molecule has 0 spiro atoms. The molecular formula is C13H16N2O2. The Morgan fingerprint density at radius 3 is 2.94 bits per heavy atom. The van der Waals surface area contributed by atoms with Crippen LogP contribution in [0, 0.1) is 0 Å². The molecule has 1 aliphatic heterocycles. The third kappa shape index (κ3) is 2.30. The summed E-state index contributed by atoms with van der Waals surface area (Å²) < 4.78 is 0. The van der Waals surface area contributed by atoms with Gasteiger partial charge in [0.25, 0.3) is 5.91 Å². The number of hydrogen-bond donors (Lipinski definition) is 1. The molecule has 2 rings (SSSR count). The number of carbonyl (C=O) groups is 2. The van der Waals surface area contributed by atoms with Gasteiger partial charge in [-0.05, 0) is 24.1 Å². The molecule has 0 radical (unpaired) electrons. The standard InChI is InChI=1S/C13H16N2O2/c1-3-6-15(2)13(17)10-5-4-9-8-12(16)14-11(9)7-10/h4-5,7H,3,6,8H2,1-2H3,(H,14,16). The fourth-order valence-corrected chi connectivity index (χ4v) is 2.00. The lowest BCUT2D eigenvalue weighted by Crippen LogP contribution is -2.27. The Hall–Kier alpha value is -1.84. The van der Waals surface area contributed by atoms with E-state index in [4.69, 9.17) is 0 Å². The van der Waals surface area contributed by atoms with Gasteiger partial charge in [-0.2, -0.15) is 0 Å². The van der Waals surface area contributed by atoms with E-state index >= 15 is 0 Å². The molecule has 1 aromatic carbocycles. The number of carbonyl (C=O) groups excluding carboxylic acids is 2. The molecule has 1 heterocycles. The van der Waals surface area contributed by atoms with Crippen LogP contribution in [-0.4, -0.2) is 30.3 Å². The lowest BCUT2D eigenvalue weighted by atomic mass is 10.1. The first-order chi connectivity index (χ1) is 8.11. The van der Waals surface area contributed by atoms with E-state index in [1.807, 2.05) is 13.0 Å². The first kappa shape index (κ1) is 11.6. The highest BCUT2D eigenvalue weighted by atomic mass is 16.2. The van der Waals surface area contributed by atoms with E-state index in [-0.39, 0.29) is 11.8 Å². The molecule has 0 atom stereocenters. The van der Waals surface area contributed by atoms with E-state index < -0.39 is 0 Å². The van der Waals surface area contributed by atoms with Crippen LogP contribution >= 0.6 is 0 Å². The number of anilines is 1. The number of fused-ring (bicyclic) bond motifs is 1. The molecule has 0 fully saturated rings. The van der Waals surface area contributed by atoms with E-state index in [0.717, 1.165) is 24.2 Å². The maximum atomic E-state index is 12.0. The van der Waals surface area contributed by atoms with Crippen molar-refractivity contribution in [1.29, 1.82) is 0 Å². The van der Waals surface area contributed by atoms with Gasteiger partial charge in [0.1, 0.15) is 0 Å². The molecule has 0 saturated heterocycles. The van der Waals surface area contributed by atoms with Crippen molar-refractivity contribution in [3.63, 3.8) is 0 Å². The normalized spacial score (nSPS) is 13.2. The SMILES string of the molecule is CCCN(C)C(=O)c1ccc2c(c1)NC(=O)C2. The van der Waals surface area contributed by atoms with Gasteiger partial charge in [-0.15, -0.1) is 0 Å². The van der Waals surface area contributed by atoms with Gasteiger partial charge in [0.15, 0.2) is 0 Å². The lowest BCUT2D eigenvalue weighted by Gasteiger charge is -2.16. The summed E-state index contributed by atoms with van der Waals surface area (Å²) in [4.78, 5) is 24.9. The number of nitrogens with zero attached hydrogens (tertiary/aromatic N) is 1. The topological polar surface area (TPSA) is 49.4 Å². The average Bonchev–Trinajstić information content (AvgIpc) is 2.67. The molecule has 1 aromatic rings. The smallest absolute Gasteiger partial charge is 0.253 e. The summed E-state index contributed by atoms with van der Waals surface area (Å²) in [7, 11) is 1.79. The molecule has 2 amide bonds. The van der Waals surface area contributed by atoms with Gasteiger partial charge < -0.3 is 10.2 Å². The van der Waals surface area contributed by atoms with Crippen LogP contribution in [0.3, 0.4) is 0 Å². The molecule has 1 aliphatic rings. The van der Waals surface area contributed by atoms with Gasteiger partial charge in [-0.1, -0.05) is 13.0 Å². The molecule has 0 bridgehead atoms. The Bertz CT molecular complexity index is 468. The summed E-state index contributed by atoms with van der Waals surface area (Å²) in [6.45, 7) is 2.77. The van der Waals surface area contributed by atoms with Crippen molar-refractivity contribution in [1.82, 2.24) is 4.90 Å². The summed E-state index contributed by atoms with van der Waals surface area (Å²) >= 11 is 0. The summed E-state index contributed by atoms with van der Waals surface area (Å²) in [6, 6.07) is 5.39. The van der Waals surface area contributed by atoms with E-state index in [9.17, 15) is 9.59 Å². The second-order valence-corrected chi connectivity index (χ2v) is 4.32. The van der Waals surface area contributed by atoms with Crippen LogP contribution in [0.4, 0.5) is 5.69 Å². The molecule has 0 aliphatic carbocycles. The highest BCUT2D eigenvalue weighted by Crippen LogP contribution is 2.24. The number of benzene rings is 1. The zero-order chi connectivity index (χ0) is 12.4. The molecule has 17 heavy (non-hydrogen) atoms. The molecule has 4 heteroatoms. The molecule has 1 N–H and O–H groups in total. The van der Waals surface area contributed by atoms with Crippen molar-refractivity contribution in [2.24, 2.45) is 0 Å². The van der Waals surface area contributed by atoms with E-state index in [1.165, 1.54) is 0 Å². The minimum absolute atomic E-state index is 0.00389. The fourth-order valence-electron chi connectivity index (χ4n) is 2.00. The number of rotatable bonds is 3. The van der Waals surface area contributed by atoms with E-state index in [2.05, 4.69) is 5.32 Å². The van der Waals surface area contributed by atoms with Crippen molar-refractivity contribution >= 4 is 17.5 Å². The third-order valence-electron chi connectivity index (χ3n) is 2.89. The van der Waals surface area contributed by atoms with Crippen molar-refractivity contribution < 1.29 is 9.59 Å². The Labute approximate surface area is 101 Å². The van der Waals surface area contributed by atoms with Crippen LogP contribution in [0.5, 0.6) is 0 Å². The lowest BCUT2D eigenvalue weighted by molar-refractivity contribution is -0.115. The maximum absolute atomic E-state index is 12.0. The van der Waals surface area contributed by atoms with Crippen LogP contribution in [-0.2, 0) is 11.2 Å². The molecule has 0 unspecified atom stereocenters. The zero-order valence-corrected chi connectivity index (χ0v) is 10.1. The number of nitrogens with one attached hydrogen (secondary N) is 1. The van der Waals surface area contributed by atoms with Crippen LogP contribution < -0.4 is 5.32 Å². The number of amides is 2. The second-order valence-electron chi connectivity index (χ2n) is 4.32. The molecule has 90 valence electrons. The third-order valence-corrected chi connectivity index (χ3v) is 2.89. The maximum Gasteiger partial charge on any atom is 0.253 e. The van der Waals surface area contributed by atoms with Crippen LogP contribution in [0.2, 0.25) is 0 Å². The quantitative estimate of drug-likeness (QED) is 0.861. The Morgan fingerprint density at radius 2 is 2.24 bits per heavy atom. The summed E-state index contributed by atoms with van der Waals surface area (Å²) in [5, 5.41) is 2.75.